The molecule has 15 heavy (non-hydrogen) atoms. The molecular weight excluding hydrogens is 208 g/mol. The highest BCUT2D eigenvalue weighted by Crippen LogP contribution is 2.06. The molecule has 0 atom stereocenters. The first-order valence-corrected chi connectivity index (χ1v) is 5.08. The van der Waals surface area contributed by atoms with E-state index in [0.29, 0.717) is 5.88 Å². The molecule has 0 spiro atoms. The minimum absolute atomic E-state index is 0.453. The number of hydrogen-bond donors (Lipinski definition) is 0. The Morgan fingerprint density at radius 3 is 2.60 bits per heavy atom. The second-order valence-electron chi connectivity index (χ2n) is 3.01. The van der Waals surface area contributed by atoms with E-state index in [2.05, 4.69) is 24.7 Å². The highest BCUT2D eigenvalue weighted by atomic mass is 35.5. The van der Waals surface area contributed by atoms with Crippen molar-refractivity contribution in [3.05, 3.63) is 49.1 Å². The Labute approximate surface area is 96.6 Å². The molecule has 0 aromatic carbocycles. The summed E-state index contributed by atoms with van der Waals surface area (Å²) in [5.74, 6) is 1.35. The van der Waals surface area contributed by atoms with Gasteiger partial charge < -0.3 is 4.57 Å². The minimum Gasteiger partial charge on any atom is -0.334 e. The van der Waals surface area contributed by atoms with Crippen molar-refractivity contribution in [3.8, 4) is 0 Å². The lowest BCUT2D eigenvalue weighted by Crippen LogP contribution is -1.88. The summed E-state index contributed by atoms with van der Waals surface area (Å²) in [6.45, 7) is 11.7. The minimum atomic E-state index is 0.453. The van der Waals surface area contributed by atoms with Crippen LogP contribution in [-0.2, 0) is 12.9 Å². The summed E-state index contributed by atoms with van der Waals surface area (Å²) < 4.78 is 1.94. The largest absolute Gasteiger partial charge is 0.334 e. The van der Waals surface area contributed by atoms with Crippen LogP contribution in [0.15, 0.2) is 37.6 Å². The molecule has 1 heterocycles. The van der Waals surface area contributed by atoms with Crippen LogP contribution < -0.4 is 0 Å². The number of aromatic nitrogens is 2. The third-order valence-electron chi connectivity index (χ3n) is 1.62. The smallest absolute Gasteiger partial charge is 0.132 e. The standard InChI is InChI=1S/C10H13ClN2.C2H4/c1-8(2)4-5-10-12-9(6-11)7-13(10)3;1-2/h4-5,7H,1,6H2,2-3H3;1-2H2/b5-4-;. The zero-order valence-corrected chi connectivity index (χ0v) is 10.1. The van der Waals surface area contributed by atoms with Gasteiger partial charge in [-0.2, -0.15) is 0 Å². The van der Waals surface area contributed by atoms with Crippen LogP contribution in [0.1, 0.15) is 18.4 Å². The highest BCUT2D eigenvalue weighted by Gasteiger charge is 1.99. The van der Waals surface area contributed by atoms with Gasteiger partial charge in [0.2, 0.25) is 0 Å². The number of aryl methyl sites for hydroxylation is 1. The maximum Gasteiger partial charge on any atom is 0.132 e. The van der Waals surface area contributed by atoms with Crippen molar-refractivity contribution in [2.24, 2.45) is 7.05 Å². The van der Waals surface area contributed by atoms with Crippen LogP contribution in [0.2, 0.25) is 0 Å². The van der Waals surface area contributed by atoms with E-state index in [0.717, 1.165) is 17.1 Å². The molecule has 0 saturated heterocycles. The van der Waals surface area contributed by atoms with Crippen molar-refractivity contribution in [1.29, 1.82) is 0 Å². The lowest BCUT2D eigenvalue weighted by atomic mass is 10.3. The summed E-state index contributed by atoms with van der Waals surface area (Å²) in [5, 5.41) is 0. The quantitative estimate of drug-likeness (QED) is 0.436. The van der Waals surface area contributed by atoms with Crippen LogP contribution in [0.25, 0.3) is 6.08 Å². The van der Waals surface area contributed by atoms with Crippen LogP contribution in [0.3, 0.4) is 0 Å². The molecule has 0 aliphatic heterocycles. The Balaban J connectivity index is 0.000000921. The first-order chi connectivity index (χ1) is 7.13. The normalized spacial score (nSPS) is 9.80. The fraction of sp³-hybridized carbons (Fsp3) is 0.250. The van der Waals surface area contributed by atoms with Gasteiger partial charge in [0.05, 0.1) is 11.6 Å². The van der Waals surface area contributed by atoms with E-state index in [9.17, 15) is 0 Å². The zero-order chi connectivity index (χ0) is 11.8. The van der Waals surface area contributed by atoms with Crippen molar-refractivity contribution in [3.63, 3.8) is 0 Å². The first-order valence-electron chi connectivity index (χ1n) is 4.55. The van der Waals surface area contributed by atoms with E-state index >= 15 is 0 Å². The van der Waals surface area contributed by atoms with E-state index in [1.165, 1.54) is 0 Å². The molecule has 0 saturated carbocycles. The molecule has 1 aromatic rings. The number of rotatable bonds is 3. The molecule has 0 bridgehead atoms. The molecule has 0 amide bonds. The summed E-state index contributed by atoms with van der Waals surface area (Å²) >= 11 is 5.66. The van der Waals surface area contributed by atoms with E-state index in [1.54, 1.807) is 0 Å². The molecule has 0 aliphatic rings. The monoisotopic (exact) mass is 224 g/mol. The van der Waals surface area contributed by atoms with Crippen LogP contribution >= 0.6 is 11.6 Å². The summed E-state index contributed by atoms with van der Waals surface area (Å²) in [4.78, 5) is 4.30. The topological polar surface area (TPSA) is 17.8 Å². The van der Waals surface area contributed by atoms with Gasteiger partial charge in [-0.1, -0.05) is 18.2 Å². The number of imidazole rings is 1. The lowest BCUT2D eigenvalue weighted by Gasteiger charge is -1.92. The summed E-state index contributed by atoms with van der Waals surface area (Å²) in [6.07, 6.45) is 5.78. The predicted octanol–water partition coefficient (Wildman–Crippen LogP) is 3.55. The predicted molar refractivity (Wildman–Crippen MR) is 67.9 cm³/mol. The fourth-order valence-electron chi connectivity index (χ4n) is 0.981. The third-order valence-corrected chi connectivity index (χ3v) is 1.89. The van der Waals surface area contributed by atoms with E-state index < -0.39 is 0 Å². The summed E-state index contributed by atoms with van der Waals surface area (Å²) in [7, 11) is 1.95. The lowest BCUT2D eigenvalue weighted by molar-refractivity contribution is 0.897. The average molecular weight is 225 g/mol. The van der Waals surface area contributed by atoms with Gasteiger partial charge in [-0.05, 0) is 13.0 Å². The Morgan fingerprint density at radius 1 is 1.60 bits per heavy atom. The fourth-order valence-corrected chi connectivity index (χ4v) is 1.11. The second kappa shape index (κ2) is 7.07. The number of hydrogen-bond acceptors (Lipinski definition) is 1. The van der Waals surface area contributed by atoms with Gasteiger partial charge in [0.1, 0.15) is 5.82 Å². The van der Waals surface area contributed by atoms with Crippen LogP contribution in [0.4, 0.5) is 0 Å². The van der Waals surface area contributed by atoms with Gasteiger partial charge in [-0.25, -0.2) is 4.98 Å². The van der Waals surface area contributed by atoms with Gasteiger partial charge in [0.15, 0.2) is 0 Å². The molecule has 1 rings (SSSR count). The number of halogens is 1. The molecule has 0 N–H and O–H groups in total. The van der Waals surface area contributed by atoms with Gasteiger partial charge in [-0.3, -0.25) is 0 Å². The molecule has 3 heteroatoms. The Kier molecular flexibility index (Phi) is 6.47. The van der Waals surface area contributed by atoms with E-state index in [4.69, 9.17) is 11.6 Å². The van der Waals surface area contributed by atoms with Gasteiger partial charge in [0, 0.05) is 13.2 Å². The Bertz CT molecular complexity index is 351. The summed E-state index contributed by atoms with van der Waals surface area (Å²) in [6, 6.07) is 0. The number of allylic oxidation sites excluding steroid dienone is 2. The third kappa shape index (κ3) is 4.66. The molecule has 0 fully saturated rings. The van der Waals surface area contributed by atoms with E-state index in [1.807, 2.05) is 36.9 Å². The second-order valence-corrected chi connectivity index (χ2v) is 3.28. The average Bonchev–Trinajstić information content (AvgIpc) is 2.59. The number of alkyl halides is 1. The Hall–Kier alpha value is -1.28. The number of nitrogens with zero attached hydrogens (tertiary/aromatic N) is 2. The van der Waals surface area contributed by atoms with Crippen molar-refractivity contribution in [2.45, 2.75) is 12.8 Å². The van der Waals surface area contributed by atoms with Crippen molar-refractivity contribution in [2.75, 3.05) is 0 Å². The van der Waals surface area contributed by atoms with Gasteiger partial charge >= 0.3 is 0 Å². The molecule has 0 aliphatic carbocycles. The highest BCUT2D eigenvalue weighted by molar-refractivity contribution is 6.16. The maximum absolute atomic E-state index is 5.66. The van der Waals surface area contributed by atoms with Crippen molar-refractivity contribution in [1.82, 2.24) is 9.55 Å². The van der Waals surface area contributed by atoms with Crippen LogP contribution in [0.5, 0.6) is 0 Å². The molecule has 82 valence electrons. The molecule has 0 radical (unpaired) electrons. The SMILES string of the molecule is C=C.C=C(C)/C=C\c1nc(CCl)cn1C. The van der Waals surface area contributed by atoms with Crippen LogP contribution in [-0.4, -0.2) is 9.55 Å². The molecule has 2 nitrogen and oxygen atoms in total. The van der Waals surface area contributed by atoms with E-state index in [-0.39, 0.29) is 0 Å². The Morgan fingerprint density at radius 2 is 2.20 bits per heavy atom. The van der Waals surface area contributed by atoms with Gasteiger partial charge in [0.25, 0.3) is 0 Å². The molecular formula is C12H17ClN2. The molecule has 0 unspecified atom stereocenters. The van der Waals surface area contributed by atoms with Crippen LogP contribution in [0, 0.1) is 0 Å². The molecule has 1 aromatic heterocycles. The zero-order valence-electron chi connectivity index (χ0n) is 9.33. The van der Waals surface area contributed by atoms with Gasteiger partial charge in [-0.15, -0.1) is 24.8 Å². The maximum atomic E-state index is 5.66. The van der Waals surface area contributed by atoms with Crippen molar-refractivity contribution >= 4 is 17.7 Å². The van der Waals surface area contributed by atoms with Crippen molar-refractivity contribution < 1.29 is 0 Å². The first kappa shape index (κ1) is 13.7. The summed E-state index contributed by atoms with van der Waals surface area (Å²) in [5.41, 5.74) is 1.90.